The van der Waals surface area contributed by atoms with Gasteiger partial charge in [0.05, 0.1) is 18.9 Å². The lowest BCUT2D eigenvalue weighted by molar-refractivity contribution is 0.1000. The molecule has 1 aromatic rings. The van der Waals surface area contributed by atoms with E-state index in [1.54, 1.807) is 12.1 Å². The second kappa shape index (κ2) is 4.40. The van der Waals surface area contributed by atoms with Crippen LogP contribution in [-0.4, -0.2) is 25.2 Å². The molecule has 1 heterocycles. The Morgan fingerprint density at radius 3 is 2.88 bits per heavy atom. The van der Waals surface area contributed by atoms with E-state index in [1.807, 2.05) is 0 Å². The molecule has 0 aliphatic carbocycles. The van der Waals surface area contributed by atoms with E-state index in [9.17, 15) is 4.79 Å². The summed E-state index contributed by atoms with van der Waals surface area (Å²) in [5.74, 6) is 0.0722. The molecule has 0 radical (unpaired) electrons. The van der Waals surface area contributed by atoms with Crippen LogP contribution >= 0.6 is 0 Å². The Labute approximate surface area is 93.3 Å². The molecule has 1 fully saturated rings. The number of benzene rings is 1. The number of hydrogen-bond acceptors (Lipinski definition) is 4. The van der Waals surface area contributed by atoms with Crippen molar-refractivity contribution in [3.63, 3.8) is 0 Å². The summed E-state index contributed by atoms with van der Waals surface area (Å²) in [6.45, 7) is 1.29. The SMILES string of the molecule is NC(=O)c1ccc(OC2CCOC2)c(N)c1. The van der Waals surface area contributed by atoms with Gasteiger partial charge in [-0.2, -0.15) is 0 Å². The highest BCUT2D eigenvalue weighted by Gasteiger charge is 2.18. The Morgan fingerprint density at radius 2 is 2.31 bits per heavy atom. The van der Waals surface area contributed by atoms with Gasteiger partial charge in [-0.3, -0.25) is 4.79 Å². The molecule has 1 unspecified atom stereocenters. The molecule has 5 heteroatoms. The van der Waals surface area contributed by atoms with Crippen LogP contribution in [0.2, 0.25) is 0 Å². The van der Waals surface area contributed by atoms with Crippen molar-refractivity contribution in [3.05, 3.63) is 23.8 Å². The van der Waals surface area contributed by atoms with Crippen molar-refractivity contribution in [3.8, 4) is 5.75 Å². The molecule has 0 aromatic heterocycles. The van der Waals surface area contributed by atoms with Crippen molar-refractivity contribution in [1.82, 2.24) is 0 Å². The molecule has 5 nitrogen and oxygen atoms in total. The summed E-state index contributed by atoms with van der Waals surface area (Å²) in [7, 11) is 0. The zero-order valence-corrected chi connectivity index (χ0v) is 8.81. The minimum absolute atomic E-state index is 0.0433. The van der Waals surface area contributed by atoms with Crippen LogP contribution in [0, 0.1) is 0 Å². The first-order chi connectivity index (χ1) is 7.66. The molecule has 1 saturated heterocycles. The summed E-state index contributed by atoms with van der Waals surface area (Å²) in [4.78, 5) is 10.9. The van der Waals surface area contributed by atoms with Gasteiger partial charge in [0.2, 0.25) is 5.91 Å². The molecule has 1 amide bonds. The van der Waals surface area contributed by atoms with E-state index in [0.29, 0.717) is 30.2 Å². The highest BCUT2D eigenvalue weighted by Crippen LogP contribution is 2.25. The van der Waals surface area contributed by atoms with E-state index in [2.05, 4.69) is 0 Å². The molecule has 4 N–H and O–H groups in total. The maximum atomic E-state index is 10.9. The highest BCUT2D eigenvalue weighted by molar-refractivity contribution is 5.94. The molecule has 0 saturated carbocycles. The van der Waals surface area contributed by atoms with Gasteiger partial charge in [0.1, 0.15) is 11.9 Å². The minimum atomic E-state index is -0.498. The Balaban J connectivity index is 2.12. The normalized spacial score (nSPS) is 19.6. The lowest BCUT2D eigenvalue weighted by atomic mass is 10.2. The van der Waals surface area contributed by atoms with Gasteiger partial charge >= 0.3 is 0 Å². The van der Waals surface area contributed by atoms with Crippen LogP contribution in [0.3, 0.4) is 0 Å². The van der Waals surface area contributed by atoms with E-state index in [0.717, 1.165) is 6.42 Å². The summed E-state index contributed by atoms with van der Waals surface area (Å²) >= 11 is 0. The predicted octanol–water partition coefficient (Wildman–Crippen LogP) is 0.535. The zero-order valence-electron chi connectivity index (χ0n) is 8.81. The van der Waals surface area contributed by atoms with E-state index >= 15 is 0 Å². The van der Waals surface area contributed by atoms with Gasteiger partial charge in [-0.25, -0.2) is 0 Å². The second-order valence-electron chi connectivity index (χ2n) is 3.72. The highest BCUT2D eigenvalue weighted by atomic mass is 16.5. The number of rotatable bonds is 3. The monoisotopic (exact) mass is 222 g/mol. The van der Waals surface area contributed by atoms with E-state index < -0.39 is 5.91 Å². The maximum absolute atomic E-state index is 10.9. The molecule has 0 spiro atoms. The van der Waals surface area contributed by atoms with Gasteiger partial charge in [-0.05, 0) is 18.2 Å². The van der Waals surface area contributed by atoms with Crippen LogP contribution in [0.5, 0.6) is 5.75 Å². The Hall–Kier alpha value is -1.75. The first-order valence-electron chi connectivity index (χ1n) is 5.10. The fourth-order valence-electron chi connectivity index (χ4n) is 1.59. The second-order valence-corrected chi connectivity index (χ2v) is 3.72. The first kappa shape index (κ1) is 10.8. The summed E-state index contributed by atoms with van der Waals surface area (Å²) in [6.07, 6.45) is 0.901. The number of nitrogen functional groups attached to an aromatic ring is 1. The maximum Gasteiger partial charge on any atom is 0.248 e. The number of carbonyl (C=O) groups excluding carboxylic acids is 1. The predicted molar refractivity (Wildman–Crippen MR) is 59.2 cm³/mol. The number of nitrogens with two attached hydrogens (primary N) is 2. The number of primary amides is 1. The first-order valence-corrected chi connectivity index (χ1v) is 5.10. The van der Waals surface area contributed by atoms with Crippen LogP contribution in [0.4, 0.5) is 5.69 Å². The smallest absolute Gasteiger partial charge is 0.248 e. The topological polar surface area (TPSA) is 87.6 Å². The number of ether oxygens (including phenoxy) is 2. The van der Waals surface area contributed by atoms with Gasteiger partial charge in [0.15, 0.2) is 0 Å². The fourth-order valence-corrected chi connectivity index (χ4v) is 1.59. The number of amides is 1. The Bertz CT molecular complexity index is 400. The average Bonchev–Trinajstić information content (AvgIpc) is 2.73. The Morgan fingerprint density at radius 1 is 1.50 bits per heavy atom. The van der Waals surface area contributed by atoms with E-state index in [1.165, 1.54) is 6.07 Å². The van der Waals surface area contributed by atoms with Crippen LogP contribution in [-0.2, 0) is 4.74 Å². The third kappa shape index (κ3) is 2.25. The van der Waals surface area contributed by atoms with Crippen LogP contribution in [0.15, 0.2) is 18.2 Å². The number of anilines is 1. The number of carbonyl (C=O) groups is 1. The molecule has 0 bridgehead atoms. The van der Waals surface area contributed by atoms with Crippen molar-refractivity contribution in [1.29, 1.82) is 0 Å². The third-order valence-corrected chi connectivity index (χ3v) is 2.48. The molecule has 16 heavy (non-hydrogen) atoms. The number of hydrogen-bond donors (Lipinski definition) is 2. The molecule has 86 valence electrons. The molecule has 1 atom stereocenters. The van der Waals surface area contributed by atoms with Gasteiger partial charge < -0.3 is 20.9 Å². The quantitative estimate of drug-likeness (QED) is 0.730. The molecule has 1 aliphatic heterocycles. The molecule has 2 rings (SSSR count). The summed E-state index contributed by atoms with van der Waals surface area (Å²) < 4.78 is 10.8. The fraction of sp³-hybridized carbons (Fsp3) is 0.364. The Kier molecular flexibility index (Phi) is 2.96. The summed E-state index contributed by atoms with van der Waals surface area (Å²) in [6, 6.07) is 4.78. The molecular weight excluding hydrogens is 208 g/mol. The van der Waals surface area contributed by atoms with E-state index in [4.69, 9.17) is 20.9 Å². The summed E-state index contributed by atoms with van der Waals surface area (Å²) in [5.41, 5.74) is 11.7. The molecule has 1 aromatic carbocycles. The minimum Gasteiger partial charge on any atom is -0.486 e. The zero-order chi connectivity index (χ0) is 11.5. The standard InChI is InChI=1S/C11H14N2O3/c12-9-5-7(11(13)14)1-2-10(9)16-8-3-4-15-6-8/h1-2,5,8H,3-4,6,12H2,(H2,13,14). The van der Waals surface area contributed by atoms with Gasteiger partial charge in [-0.1, -0.05) is 0 Å². The van der Waals surface area contributed by atoms with E-state index in [-0.39, 0.29) is 6.10 Å². The van der Waals surface area contributed by atoms with Crippen LogP contribution in [0.25, 0.3) is 0 Å². The lowest BCUT2D eigenvalue weighted by Gasteiger charge is -2.13. The van der Waals surface area contributed by atoms with Gasteiger partial charge in [-0.15, -0.1) is 0 Å². The molecule has 1 aliphatic rings. The van der Waals surface area contributed by atoms with Gasteiger partial charge in [0, 0.05) is 12.0 Å². The van der Waals surface area contributed by atoms with Crippen molar-refractivity contribution in [2.45, 2.75) is 12.5 Å². The third-order valence-electron chi connectivity index (χ3n) is 2.48. The largest absolute Gasteiger partial charge is 0.486 e. The van der Waals surface area contributed by atoms with Crippen molar-refractivity contribution < 1.29 is 14.3 Å². The van der Waals surface area contributed by atoms with Crippen LogP contribution < -0.4 is 16.2 Å². The van der Waals surface area contributed by atoms with Crippen LogP contribution in [0.1, 0.15) is 16.8 Å². The van der Waals surface area contributed by atoms with Crippen molar-refractivity contribution >= 4 is 11.6 Å². The van der Waals surface area contributed by atoms with Crippen molar-refractivity contribution in [2.75, 3.05) is 18.9 Å². The lowest BCUT2D eigenvalue weighted by Crippen LogP contribution is -2.17. The average molecular weight is 222 g/mol. The summed E-state index contributed by atoms with van der Waals surface area (Å²) in [5, 5.41) is 0. The van der Waals surface area contributed by atoms with Gasteiger partial charge in [0.25, 0.3) is 0 Å². The van der Waals surface area contributed by atoms with Crippen molar-refractivity contribution in [2.24, 2.45) is 5.73 Å². The molecular formula is C11H14N2O3.